The summed E-state index contributed by atoms with van der Waals surface area (Å²) in [5.41, 5.74) is 3.40. The molecule has 0 aliphatic carbocycles. The van der Waals surface area contributed by atoms with Gasteiger partial charge in [0.25, 0.3) is 5.69 Å². The van der Waals surface area contributed by atoms with Crippen molar-refractivity contribution in [2.75, 3.05) is 5.43 Å². The number of pyridine rings is 1. The molecule has 2 heterocycles. The first kappa shape index (κ1) is 17.7. The first-order valence-corrected chi connectivity index (χ1v) is 7.69. The number of hydrazone groups is 1. The lowest BCUT2D eigenvalue weighted by Gasteiger charge is -2.00. The maximum Gasteiger partial charge on any atom is 0.313 e. The van der Waals surface area contributed by atoms with E-state index in [0.29, 0.717) is 22.6 Å². The van der Waals surface area contributed by atoms with Crippen LogP contribution in [-0.4, -0.2) is 21.0 Å². The zero-order valence-corrected chi connectivity index (χ0v) is 14.0. The first-order chi connectivity index (χ1) is 13.0. The van der Waals surface area contributed by atoms with Gasteiger partial charge in [0.1, 0.15) is 11.5 Å². The highest BCUT2D eigenvalue weighted by molar-refractivity contribution is 5.78. The van der Waals surface area contributed by atoms with Gasteiger partial charge in [-0.05, 0) is 25.1 Å². The highest BCUT2D eigenvalue weighted by Crippen LogP contribution is 2.28. The Balaban J connectivity index is 1.77. The van der Waals surface area contributed by atoms with Crippen molar-refractivity contribution in [3.05, 3.63) is 80.2 Å². The number of benzene rings is 1. The summed E-state index contributed by atoms with van der Waals surface area (Å²) in [6, 6.07) is 10.8. The first-order valence-electron chi connectivity index (χ1n) is 7.69. The van der Waals surface area contributed by atoms with Crippen LogP contribution in [-0.2, 0) is 0 Å². The van der Waals surface area contributed by atoms with Gasteiger partial charge in [0.15, 0.2) is 0 Å². The van der Waals surface area contributed by atoms with Crippen LogP contribution in [0.3, 0.4) is 0 Å². The summed E-state index contributed by atoms with van der Waals surface area (Å²) in [4.78, 5) is 24.8. The fourth-order valence-corrected chi connectivity index (χ4v) is 2.32. The fraction of sp³-hybridized carbons (Fsp3) is 0.0588. The molecule has 0 atom stereocenters. The van der Waals surface area contributed by atoms with Crippen LogP contribution in [0.1, 0.15) is 11.3 Å². The zero-order valence-electron chi connectivity index (χ0n) is 14.0. The normalized spacial score (nSPS) is 10.9. The number of aromatic nitrogens is 1. The second-order valence-electron chi connectivity index (χ2n) is 5.46. The van der Waals surface area contributed by atoms with Gasteiger partial charge in [0, 0.05) is 29.5 Å². The van der Waals surface area contributed by atoms with E-state index in [1.165, 1.54) is 30.6 Å². The molecule has 0 spiro atoms. The molecular formula is C17H13N5O5. The van der Waals surface area contributed by atoms with E-state index in [1.54, 1.807) is 31.2 Å². The SMILES string of the molecule is Cc1ccc(-c2ccc(/C=N\Nc3ncccc3[N+](=O)[O-])o2)cc1[N+](=O)[O-]. The Hall–Kier alpha value is -4.08. The molecule has 3 rings (SSSR count). The summed E-state index contributed by atoms with van der Waals surface area (Å²) in [6.07, 6.45) is 2.73. The quantitative estimate of drug-likeness (QED) is 0.396. The second kappa shape index (κ2) is 7.44. The highest BCUT2D eigenvalue weighted by atomic mass is 16.6. The predicted molar refractivity (Wildman–Crippen MR) is 97.6 cm³/mol. The van der Waals surface area contributed by atoms with Crippen molar-refractivity contribution in [2.45, 2.75) is 6.92 Å². The van der Waals surface area contributed by atoms with E-state index in [9.17, 15) is 20.2 Å². The molecule has 0 radical (unpaired) electrons. The topological polar surface area (TPSA) is 137 Å². The second-order valence-corrected chi connectivity index (χ2v) is 5.46. The Bertz CT molecular complexity index is 1040. The molecule has 136 valence electrons. The lowest BCUT2D eigenvalue weighted by Crippen LogP contribution is -1.98. The molecule has 1 N–H and O–H groups in total. The summed E-state index contributed by atoms with van der Waals surface area (Å²) >= 11 is 0. The van der Waals surface area contributed by atoms with E-state index in [-0.39, 0.29) is 17.2 Å². The number of hydrogen-bond acceptors (Lipinski definition) is 8. The van der Waals surface area contributed by atoms with E-state index in [0.717, 1.165) is 0 Å². The van der Waals surface area contributed by atoms with Gasteiger partial charge in [-0.1, -0.05) is 12.1 Å². The maximum atomic E-state index is 11.1. The highest BCUT2D eigenvalue weighted by Gasteiger charge is 2.14. The number of furan rings is 1. The van der Waals surface area contributed by atoms with Gasteiger partial charge < -0.3 is 4.42 Å². The molecule has 0 bridgehead atoms. The van der Waals surface area contributed by atoms with Gasteiger partial charge in [-0.2, -0.15) is 5.10 Å². The summed E-state index contributed by atoms with van der Waals surface area (Å²) < 4.78 is 5.59. The number of hydrogen-bond donors (Lipinski definition) is 1. The molecule has 27 heavy (non-hydrogen) atoms. The third-order valence-electron chi connectivity index (χ3n) is 3.66. The minimum Gasteiger partial charge on any atom is -0.455 e. The van der Waals surface area contributed by atoms with E-state index < -0.39 is 9.85 Å². The van der Waals surface area contributed by atoms with Crippen LogP contribution in [0.25, 0.3) is 11.3 Å². The number of rotatable bonds is 6. The minimum atomic E-state index is -0.569. The Morgan fingerprint density at radius 2 is 1.89 bits per heavy atom. The van der Waals surface area contributed by atoms with Crippen LogP contribution in [0.15, 0.2) is 58.2 Å². The van der Waals surface area contributed by atoms with Crippen LogP contribution in [0.5, 0.6) is 0 Å². The van der Waals surface area contributed by atoms with Crippen LogP contribution in [0.4, 0.5) is 17.2 Å². The Morgan fingerprint density at radius 3 is 2.63 bits per heavy atom. The summed E-state index contributed by atoms with van der Waals surface area (Å²) in [5.74, 6) is 0.794. The monoisotopic (exact) mass is 367 g/mol. The van der Waals surface area contributed by atoms with Gasteiger partial charge in [0.2, 0.25) is 5.82 Å². The number of nitro groups is 2. The Kier molecular flexibility index (Phi) is 4.88. The largest absolute Gasteiger partial charge is 0.455 e. The van der Waals surface area contributed by atoms with Crippen molar-refractivity contribution in [1.29, 1.82) is 0 Å². The molecule has 0 amide bonds. The van der Waals surface area contributed by atoms with Gasteiger partial charge in [-0.15, -0.1) is 0 Å². The molecular weight excluding hydrogens is 354 g/mol. The molecule has 0 unspecified atom stereocenters. The van der Waals surface area contributed by atoms with Crippen molar-refractivity contribution in [3.8, 4) is 11.3 Å². The lowest BCUT2D eigenvalue weighted by molar-refractivity contribution is -0.385. The Morgan fingerprint density at radius 1 is 1.11 bits per heavy atom. The zero-order chi connectivity index (χ0) is 19.4. The molecule has 2 aromatic heterocycles. The summed E-state index contributed by atoms with van der Waals surface area (Å²) in [7, 11) is 0. The number of nitrogens with zero attached hydrogens (tertiary/aromatic N) is 4. The van der Waals surface area contributed by atoms with E-state index in [1.807, 2.05) is 0 Å². The number of nitrogens with one attached hydrogen (secondary N) is 1. The van der Waals surface area contributed by atoms with Crippen LogP contribution in [0, 0.1) is 27.2 Å². The predicted octanol–water partition coefficient (Wildman–Crippen LogP) is 3.91. The third-order valence-corrected chi connectivity index (χ3v) is 3.66. The fourth-order valence-electron chi connectivity index (χ4n) is 2.32. The number of nitro benzene ring substituents is 1. The minimum absolute atomic E-state index is 0.000288. The van der Waals surface area contributed by atoms with Gasteiger partial charge >= 0.3 is 5.69 Å². The van der Waals surface area contributed by atoms with Crippen molar-refractivity contribution >= 4 is 23.4 Å². The van der Waals surface area contributed by atoms with Crippen LogP contribution < -0.4 is 5.43 Å². The van der Waals surface area contributed by atoms with Crippen molar-refractivity contribution in [1.82, 2.24) is 4.98 Å². The van der Waals surface area contributed by atoms with E-state index in [4.69, 9.17) is 4.42 Å². The maximum absolute atomic E-state index is 11.1. The van der Waals surface area contributed by atoms with E-state index in [2.05, 4.69) is 15.5 Å². The van der Waals surface area contributed by atoms with Crippen LogP contribution in [0.2, 0.25) is 0 Å². The van der Waals surface area contributed by atoms with E-state index >= 15 is 0 Å². The molecule has 3 aromatic rings. The lowest BCUT2D eigenvalue weighted by atomic mass is 10.1. The van der Waals surface area contributed by atoms with Crippen LogP contribution >= 0.6 is 0 Å². The standard InChI is InChI=1S/C17H13N5O5/c1-11-4-5-12(9-15(11)22(25)26)16-7-6-13(27-16)10-19-20-17-14(21(23)24)3-2-8-18-17/h2-10H,1H3,(H,18,20)/b19-10-. The molecule has 0 aliphatic rings. The molecule has 10 heteroatoms. The summed E-state index contributed by atoms with van der Waals surface area (Å²) in [5, 5.41) is 25.9. The van der Waals surface area contributed by atoms with Crippen molar-refractivity contribution < 1.29 is 14.3 Å². The van der Waals surface area contributed by atoms with Gasteiger partial charge in [0.05, 0.1) is 16.1 Å². The molecule has 10 nitrogen and oxygen atoms in total. The average Bonchev–Trinajstić information content (AvgIpc) is 3.11. The smallest absolute Gasteiger partial charge is 0.313 e. The van der Waals surface area contributed by atoms with Crippen molar-refractivity contribution in [2.24, 2.45) is 5.10 Å². The molecule has 0 saturated carbocycles. The van der Waals surface area contributed by atoms with Gasteiger partial charge in [-0.3, -0.25) is 25.7 Å². The summed E-state index contributed by atoms with van der Waals surface area (Å²) in [6.45, 7) is 1.66. The number of anilines is 1. The average molecular weight is 367 g/mol. The molecule has 0 aliphatic heterocycles. The number of aryl methyl sites for hydroxylation is 1. The Labute approximate surface area is 152 Å². The van der Waals surface area contributed by atoms with Crippen molar-refractivity contribution in [3.63, 3.8) is 0 Å². The van der Waals surface area contributed by atoms with Gasteiger partial charge in [-0.25, -0.2) is 4.98 Å². The molecule has 0 saturated heterocycles. The molecule has 0 fully saturated rings. The third kappa shape index (κ3) is 3.95. The molecule has 1 aromatic carbocycles.